The number of hydrogen-bond acceptors (Lipinski definition) is 6. The van der Waals surface area contributed by atoms with E-state index < -0.39 is 22.2 Å². The third-order valence-electron chi connectivity index (χ3n) is 2.43. The molecule has 2 aromatic rings. The van der Waals surface area contributed by atoms with Gasteiger partial charge in [0.1, 0.15) is 18.0 Å². The van der Waals surface area contributed by atoms with Gasteiger partial charge in [-0.25, -0.2) is 13.8 Å². The van der Waals surface area contributed by atoms with Crippen LogP contribution < -0.4 is 10.1 Å². The molecule has 21 heavy (non-hydrogen) atoms. The molecule has 9 heteroatoms. The van der Waals surface area contributed by atoms with Crippen LogP contribution in [0.25, 0.3) is 0 Å². The second-order valence-electron chi connectivity index (χ2n) is 3.82. The van der Waals surface area contributed by atoms with E-state index in [-0.39, 0.29) is 24.0 Å². The molecule has 0 fully saturated rings. The van der Waals surface area contributed by atoms with Crippen molar-refractivity contribution in [2.75, 3.05) is 11.9 Å². The molecule has 0 unspecified atom stereocenters. The van der Waals surface area contributed by atoms with E-state index in [4.69, 9.17) is 4.74 Å². The van der Waals surface area contributed by atoms with Crippen molar-refractivity contribution in [1.29, 1.82) is 0 Å². The Labute approximate surface area is 117 Å². The Balaban J connectivity index is 2.46. The lowest BCUT2D eigenvalue weighted by atomic mass is 10.3. The summed E-state index contributed by atoms with van der Waals surface area (Å²) in [4.78, 5) is 17.7. The normalized spacial score (nSPS) is 10.2. The summed E-state index contributed by atoms with van der Waals surface area (Å²) in [6.07, 6.45) is 1.03. The van der Waals surface area contributed by atoms with E-state index >= 15 is 0 Å². The predicted molar refractivity (Wildman–Crippen MR) is 69.5 cm³/mol. The number of nitrogens with one attached hydrogen (secondary N) is 1. The monoisotopic (exact) mass is 296 g/mol. The maximum Gasteiger partial charge on any atom is 0.373 e. The Hall–Kier alpha value is -2.84. The molecule has 1 N–H and O–H groups in total. The molecule has 0 bridgehead atoms. The molecule has 1 aromatic heterocycles. The minimum Gasteiger partial charge on any atom is -0.473 e. The molecule has 0 aliphatic rings. The molecule has 0 aliphatic heterocycles. The van der Waals surface area contributed by atoms with Crippen LogP contribution in [0.2, 0.25) is 0 Å². The molecule has 0 saturated heterocycles. The minimum absolute atomic E-state index is 0.158. The number of halogens is 2. The number of ether oxygens (including phenoxy) is 1. The summed E-state index contributed by atoms with van der Waals surface area (Å²) in [6.45, 7) is 1.79. The fourth-order valence-corrected chi connectivity index (χ4v) is 1.58. The fourth-order valence-electron chi connectivity index (χ4n) is 1.58. The largest absolute Gasteiger partial charge is 0.473 e. The van der Waals surface area contributed by atoms with Crippen molar-refractivity contribution >= 4 is 17.2 Å². The van der Waals surface area contributed by atoms with Crippen molar-refractivity contribution < 1.29 is 18.4 Å². The molecule has 1 aromatic carbocycles. The minimum atomic E-state index is -0.776. The molecule has 110 valence electrons. The molecule has 0 amide bonds. The molecule has 0 saturated carbocycles. The number of benzene rings is 1. The Bertz CT molecular complexity index is 682. The van der Waals surface area contributed by atoms with Gasteiger partial charge in [0.25, 0.3) is 5.88 Å². The van der Waals surface area contributed by atoms with Gasteiger partial charge in [-0.05, 0) is 19.1 Å². The average molecular weight is 296 g/mol. The summed E-state index contributed by atoms with van der Waals surface area (Å²) in [5.41, 5.74) is -0.831. The van der Waals surface area contributed by atoms with Crippen LogP contribution in [0.4, 0.5) is 26.0 Å². The Morgan fingerprint density at radius 1 is 1.38 bits per heavy atom. The first-order chi connectivity index (χ1) is 10.0. The van der Waals surface area contributed by atoms with Gasteiger partial charge >= 0.3 is 5.69 Å². The molecular weight excluding hydrogens is 286 g/mol. The van der Waals surface area contributed by atoms with Crippen LogP contribution in [0, 0.1) is 21.7 Å². The van der Waals surface area contributed by atoms with E-state index in [2.05, 4.69) is 15.3 Å². The Kier molecular flexibility index (Phi) is 4.21. The molecule has 0 aliphatic carbocycles. The number of nitro groups is 1. The van der Waals surface area contributed by atoms with Crippen LogP contribution in [0.5, 0.6) is 5.88 Å². The summed E-state index contributed by atoms with van der Waals surface area (Å²) in [7, 11) is 0. The highest BCUT2D eigenvalue weighted by Gasteiger charge is 2.25. The van der Waals surface area contributed by atoms with Gasteiger partial charge in [-0.2, -0.15) is 4.98 Å². The lowest BCUT2D eigenvalue weighted by Crippen LogP contribution is -2.06. The zero-order chi connectivity index (χ0) is 15.4. The quantitative estimate of drug-likeness (QED) is 0.674. The summed E-state index contributed by atoms with van der Waals surface area (Å²) in [5, 5.41) is 13.5. The van der Waals surface area contributed by atoms with Crippen molar-refractivity contribution in [2.24, 2.45) is 0 Å². The summed E-state index contributed by atoms with van der Waals surface area (Å²) in [5.74, 6) is -2.01. The predicted octanol–water partition coefficient (Wildman–Crippen LogP) is 2.81. The topological polar surface area (TPSA) is 90.2 Å². The van der Waals surface area contributed by atoms with Gasteiger partial charge in [-0.15, -0.1) is 0 Å². The van der Waals surface area contributed by atoms with Gasteiger partial charge in [0.2, 0.25) is 5.82 Å². The maximum absolute atomic E-state index is 13.6. The van der Waals surface area contributed by atoms with Crippen LogP contribution >= 0.6 is 0 Å². The van der Waals surface area contributed by atoms with Crippen LogP contribution in [-0.4, -0.2) is 21.5 Å². The van der Waals surface area contributed by atoms with Crippen LogP contribution in [0.3, 0.4) is 0 Å². The summed E-state index contributed by atoms with van der Waals surface area (Å²) in [6, 6.07) is 2.69. The van der Waals surface area contributed by atoms with Gasteiger partial charge in [-0.3, -0.25) is 10.1 Å². The van der Waals surface area contributed by atoms with Gasteiger partial charge in [-0.1, -0.05) is 0 Å². The highest BCUT2D eigenvalue weighted by atomic mass is 19.1. The lowest BCUT2D eigenvalue weighted by molar-refractivity contribution is -0.385. The number of anilines is 2. The standard InChI is InChI=1S/C12H10F2N4O3/c1-2-21-12-10(18(19)20)11(15-6-16-12)17-9-5-7(13)3-4-8(9)14/h3-6H,2H2,1H3,(H,15,16,17). The molecule has 2 rings (SSSR count). The van der Waals surface area contributed by atoms with Crippen LogP contribution in [0.1, 0.15) is 6.92 Å². The van der Waals surface area contributed by atoms with Crippen LogP contribution in [0.15, 0.2) is 24.5 Å². The van der Waals surface area contributed by atoms with Gasteiger partial charge in [0.15, 0.2) is 0 Å². The third-order valence-corrected chi connectivity index (χ3v) is 2.43. The third kappa shape index (κ3) is 3.19. The molecule has 0 radical (unpaired) electrons. The lowest BCUT2D eigenvalue weighted by Gasteiger charge is -2.09. The molecule has 0 spiro atoms. The molecule has 0 atom stereocenters. The first kappa shape index (κ1) is 14.6. The maximum atomic E-state index is 13.6. The van der Waals surface area contributed by atoms with E-state index in [0.717, 1.165) is 24.5 Å². The van der Waals surface area contributed by atoms with E-state index in [1.165, 1.54) is 0 Å². The first-order valence-corrected chi connectivity index (χ1v) is 5.87. The van der Waals surface area contributed by atoms with Crippen molar-refractivity contribution in [3.63, 3.8) is 0 Å². The van der Waals surface area contributed by atoms with Gasteiger partial charge < -0.3 is 10.1 Å². The number of nitrogens with zero attached hydrogens (tertiary/aromatic N) is 3. The number of aromatic nitrogens is 2. The molecular formula is C12H10F2N4O3. The first-order valence-electron chi connectivity index (χ1n) is 5.87. The highest BCUT2D eigenvalue weighted by molar-refractivity contribution is 5.68. The van der Waals surface area contributed by atoms with Crippen molar-refractivity contribution in [2.45, 2.75) is 6.92 Å². The Morgan fingerprint density at radius 2 is 2.14 bits per heavy atom. The fraction of sp³-hybridized carbons (Fsp3) is 0.167. The van der Waals surface area contributed by atoms with Crippen molar-refractivity contribution in [1.82, 2.24) is 9.97 Å². The second kappa shape index (κ2) is 6.07. The Morgan fingerprint density at radius 3 is 2.81 bits per heavy atom. The summed E-state index contributed by atoms with van der Waals surface area (Å²) < 4.78 is 31.7. The van der Waals surface area contributed by atoms with E-state index in [1.54, 1.807) is 6.92 Å². The molecule has 7 nitrogen and oxygen atoms in total. The van der Waals surface area contributed by atoms with E-state index in [0.29, 0.717) is 0 Å². The van der Waals surface area contributed by atoms with Crippen molar-refractivity contribution in [3.05, 3.63) is 46.3 Å². The highest BCUT2D eigenvalue weighted by Crippen LogP contribution is 2.33. The zero-order valence-corrected chi connectivity index (χ0v) is 10.8. The van der Waals surface area contributed by atoms with Gasteiger partial charge in [0.05, 0.1) is 17.2 Å². The van der Waals surface area contributed by atoms with Crippen LogP contribution in [-0.2, 0) is 0 Å². The van der Waals surface area contributed by atoms with Gasteiger partial charge in [0, 0.05) is 6.07 Å². The summed E-state index contributed by atoms with van der Waals surface area (Å²) >= 11 is 0. The second-order valence-corrected chi connectivity index (χ2v) is 3.82. The number of rotatable bonds is 5. The molecule has 1 heterocycles. The van der Waals surface area contributed by atoms with Crippen molar-refractivity contribution in [3.8, 4) is 5.88 Å². The SMILES string of the molecule is CCOc1ncnc(Nc2cc(F)ccc2F)c1[N+](=O)[O-]. The number of hydrogen-bond donors (Lipinski definition) is 1. The van der Waals surface area contributed by atoms with E-state index in [1.807, 2.05) is 0 Å². The van der Waals surface area contributed by atoms with E-state index in [9.17, 15) is 18.9 Å². The zero-order valence-electron chi connectivity index (χ0n) is 10.8. The smallest absolute Gasteiger partial charge is 0.373 e. The average Bonchev–Trinajstić information content (AvgIpc) is 2.43.